The molecular formula is C14H19NO3. The van der Waals surface area contributed by atoms with Crippen LogP contribution in [0.15, 0.2) is 23.0 Å². The van der Waals surface area contributed by atoms with Gasteiger partial charge in [-0.15, -0.1) is 0 Å². The van der Waals surface area contributed by atoms with Gasteiger partial charge in [0.15, 0.2) is 5.43 Å². The van der Waals surface area contributed by atoms with Crippen molar-refractivity contribution in [3.05, 3.63) is 39.5 Å². The molecule has 0 saturated carbocycles. The Labute approximate surface area is 107 Å². The number of hydrogen-bond donors (Lipinski definition) is 1. The number of hydrogen-bond acceptors (Lipinski definition) is 3. The van der Waals surface area contributed by atoms with Crippen LogP contribution in [0.5, 0.6) is 0 Å². The molecule has 1 N–H and O–H groups in total. The van der Waals surface area contributed by atoms with Crippen LogP contribution < -0.4 is 10.7 Å². The van der Waals surface area contributed by atoms with E-state index in [2.05, 4.69) is 5.32 Å². The van der Waals surface area contributed by atoms with Gasteiger partial charge in [-0.25, -0.2) is 4.79 Å². The molecule has 98 valence electrons. The van der Waals surface area contributed by atoms with Crippen LogP contribution in [0.3, 0.4) is 0 Å². The predicted molar refractivity (Wildman–Crippen MR) is 72.0 cm³/mol. The summed E-state index contributed by atoms with van der Waals surface area (Å²) in [5, 5.41) is 2.59. The molecule has 0 aliphatic carbocycles. The van der Waals surface area contributed by atoms with Crippen LogP contribution in [0, 0.1) is 13.8 Å². The maximum atomic E-state index is 11.9. The van der Waals surface area contributed by atoms with E-state index >= 15 is 0 Å². The monoisotopic (exact) mass is 249 g/mol. The van der Waals surface area contributed by atoms with Crippen molar-refractivity contribution in [1.29, 1.82) is 0 Å². The van der Waals surface area contributed by atoms with Crippen molar-refractivity contribution < 1.29 is 9.53 Å². The zero-order valence-electron chi connectivity index (χ0n) is 11.5. The summed E-state index contributed by atoms with van der Waals surface area (Å²) in [5.41, 5.74) is 0.979. The third-order valence-electron chi connectivity index (χ3n) is 2.35. The second kappa shape index (κ2) is 5.21. The summed E-state index contributed by atoms with van der Waals surface area (Å²) in [7, 11) is 0. The van der Waals surface area contributed by atoms with Gasteiger partial charge >= 0.3 is 6.09 Å². The lowest BCUT2D eigenvalue weighted by atomic mass is 10.2. The highest BCUT2D eigenvalue weighted by atomic mass is 16.6. The molecule has 0 radical (unpaired) electrons. The lowest BCUT2D eigenvalue weighted by molar-refractivity contribution is 0.0636. The zero-order valence-corrected chi connectivity index (χ0v) is 11.5. The molecule has 0 aliphatic rings. The highest BCUT2D eigenvalue weighted by Crippen LogP contribution is 2.13. The van der Waals surface area contributed by atoms with Crippen molar-refractivity contribution in [2.75, 3.05) is 5.32 Å². The van der Waals surface area contributed by atoms with E-state index in [9.17, 15) is 9.59 Å². The molecule has 0 aliphatic heterocycles. The Morgan fingerprint density at radius 1 is 1.22 bits per heavy atom. The van der Waals surface area contributed by atoms with Gasteiger partial charge < -0.3 is 4.74 Å². The number of nitrogens with one attached hydrogen (secondary N) is 1. The Balaban J connectivity index is 3.01. The third kappa shape index (κ3) is 3.87. The number of anilines is 1. The maximum Gasteiger partial charge on any atom is 0.412 e. The first-order valence-corrected chi connectivity index (χ1v) is 5.81. The normalized spacial score (nSPS) is 10.9. The van der Waals surface area contributed by atoms with Crippen molar-refractivity contribution in [2.24, 2.45) is 0 Å². The first-order valence-electron chi connectivity index (χ1n) is 5.81. The van der Waals surface area contributed by atoms with Gasteiger partial charge in [0.1, 0.15) is 5.60 Å². The molecule has 18 heavy (non-hydrogen) atoms. The third-order valence-corrected chi connectivity index (χ3v) is 2.35. The molecule has 0 spiro atoms. The van der Waals surface area contributed by atoms with Gasteiger partial charge in [0, 0.05) is 5.56 Å². The maximum absolute atomic E-state index is 11.9. The average Bonchev–Trinajstić information content (AvgIpc) is 2.31. The fourth-order valence-electron chi connectivity index (χ4n) is 1.46. The summed E-state index contributed by atoms with van der Waals surface area (Å²) in [6.07, 6.45) is -0.561. The van der Waals surface area contributed by atoms with Crippen molar-refractivity contribution in [3.8, 4) is 0 Å². The molecule has 4 nitrogen and oxygen atoms in total. The average molecular weight is 249 g/mol. The molecular weight excluding hydrogens is 230 g/mol. The van der Waals surface area contributed by atoms with Gasteiger partial charge in [-0.3, -0.25) is 10.1 Å². The first-order chi connectivity index (χ1) is 8.20. The standard InChI is InChI=1S/C14H19NO3/c1-9-7-6-8-11(10(2)12(9)16)15-13(17)18-14(3,4)5/h6-8H,1-5H3,(H,15,17). The lowest BCUT2D eigenvalue weighted by Crippen LogP contribution is -2.27. The van der Waals surface area contributed by atoms with Gasteiger partial charge in [-0.2, -0.15) is 0 Å². The molecule has 1 rings (SSSR count). The van der Waals surface area contributed by atoms with E-state index in [1.54, 1.807) is 52.8 Å². The Hall–Kier alpha value is -1.84. The van der Waals surface area contributed by atoms with E-state index in [1.807, 2.05) is 0 Å². The van der Waals surface area contributed by atoms with Gasteiger partial charge in [-0.05, 0) is 46.2 Å². The van der Waals surface area contributed by atoms with Crippen LogP contribution in [0.2, 0.25) is 0 Å². The van der Waals surface area contributed by atoms with Crippen LogP contribution in [-0.4, -0.2) is 11.7 Å². The molecule has 0 atom stereocenters. The van der Waals surface area contributed by atoms with Crippen molar-refractivity contribution in [1.82, 2.24) is 0 Å². The van der Waals surface area contributed by atoms with Crippen LogP contribution in [0.25, 0.3) is 0 Å². The van der Waals surface area contributed by atoms with Gasteiger partial charge in [-0.1, -0.05) is 12.1 Å². The summed E-state index contributed by atoms with van der Waals surface area (Å²) in [6, 6.07) is 5.14. The molecule has 1 aromatic carbocycles. The minimum absolute atomic E-state index is 0.0777. The zero-order chi connectivity index (χ0) is 13.9. The minimum Gasteiger partial charge on any atom is -0.444 e. The summed E-state index contributed by atoms with van der Waals surface area (Å²) >= 11 is 0. The van der Waals surface area contributed by atoms with Crippen LogP contribution in [0.4, 0.5) is 10.5 Å². The predicted octanol–water partition coefficient (Wildman–Crippen LogP) is 3.01. The van der Waals surface area contributed by atoms with Gasteiger partial charge in [0.05, 0.1) is 5.69 Å². The first kappa shape index (κ1) is 14.2. The Morgan fingerprint density at radius 2 is 1.83 bits per heavy atom. The minimum atomic E-state index is -0.564. The molecule has 0 heterocycles. The Morgan fingerprint density at radius 3 is 2.39 bits per heavy atom. The smallest absolute Gasteiger partial charge is 0.412 e. The lowest BCUT2D eigenvalue weighted by Gasteiger charge is -2.19. The Bertz CT molecular complexity index is 515. The number of aryl methyl sites for hydroxylation is 1. The molecule has 0 fully saturated rings. The highest BCUT2D eigenvalue weighted by Gasteiger charge is 2.16. The van der Waals surface area contributed by atoms with Gasteiger partial charge in [0.25, 0.3) is 0 Å². The molecule has 4 heteroatoms. The number of carbonyl (C=O) groups is 1. The summed E-state index contributed by atoms with van der Waals surface area (Å²) in [6.45, 7) is 8.78. The topological polar surface area (TPSA) is 55.4 Å². The van der Waals surface area contributed by atoms with E-state index in [-0.39, 0.29) is 5.43 Å². The number of ether oxygens (including phenoxy) is 1. The van der Waals surface area contributed by atoms with Crippen LogP contribution >= 0.6 is 0 Å². The fourth-order valence-corrected chi connectivity index (χ4v) is 1.46. The number of amides is 1. The van der Waals surface area contributed by atoms with Gasteiger partial charge in [0.2, 0.25) is 0 Å². The van der Waals surface area contributed by atoms with E-state index in [1.165, 1.54) is 0 Å². The molecule has 0 aromatic heterocycles. The van der Waals surface area contributed by atoms with E-state index in [0.29, 0.717) is 16.8 Å². The highest BCUT2D eigenvalue weighted by molar-refractivity contribution is 5.85. The van der Waals surface area contributed by atoms with E-state index in [0.717, 1.165) is 0 Å². The molecule has 1 amide bonds. The molecule has 0 bridgehead atoms. The summed E-state index contributed by atoms with van der Waals surface area (Å²) in [4.78, 5) is 23.5. The number of rotatable bonds is 1. The van der Waals surface area contributed by atoms with Crippen LogP contribution in [0.1, 0.15) is 31.9 Å². The Kier molecular flexibility index (Phi) is 4.11. The molecule has 1 aromatic rings. The van der Waals surface area contributed by atoms with Crippen molar-refractivity contribution in [2.45, 2.75) is 40.2 Å². The molecule has 0 unspecified atom stereocenters. The summed E-state index contributed by atoms with van der Waals surface area (Å²) in [5.74, 6) is 0. The van der Waals surface area contributed by atoms with Crippen LogP contribution in [-0.2, 0) is 4.74 Å². The summed E-state index contributed by atoms with van der Waals surface area (Å²) < 4.78 is 5.15. The SMILES string of the molecule is Cc1cccc(NC(=O)OC(C)(C)C)c(C)c1=O. The second-order valence-electron chi connectivity index (χ2n) is 5.20. The fraction of sp³-hybridized carbons (Fsp3) is 0.429. The van der Waals surface area contributed by atoms with Crippen molar-refractivity contribution in [3.63, 3.8) is 0 Å². The van der Waals surface area contributed by atoms with E-state index < -0.39 is 11.7 Å². The van der Waals surface area contributed by atoms with E-state index in [4.69, 9.17) is 4.74 Å². The second-order valence-corrected chi connectivity index (χ2v) is 5.20. The molecule has 0 saturated heterocycles. The number of carbonyl (C=O) groups excluding carboxylic acids is 1. The quantitative estimate of drug-likeness (QED) is 0.832. The largest absolute Gasteiger partial charge is 0.444 e. The van der Waals surface area contributed by atoms with Crippen molar-refractivity contribution >= 4 is 11.8 Å².